The summed E-state index contributed by atoms with van der Waals surface area (Å²) < 4.78 is 109. The summed E-state index contributed by atoms with van der Waals surface area (Å²) in [5, 5.41) is 8.62. The Labute approximate surface area is 160 Å². The fourth-order valence-corrected chi connectivity index (χ4v) is 5.40. The first-order chi connectivity index (χ1) is 13.3. The van der Waals surface area contributed by atoms with E-state index in [1.165, 1.54) is 12.3 Å². The number of halogens is 6. The molecule has 0 amide bonds. The van der Waals surface area contributed by atoms with Crippen LogP contribution in [-0.2, 0) is 26.9 Å². The number of nitrogens with zero attached hydrogens (tertiary/aromatic N) is 1. The monoisotopic (exact) mass is 441 g/mol. The molecule has 0 saturated heterocycles. The molecule has 12 heteroatoms. The van der Waals surface area contributed by atoms with Crippen molar-refractivity contribution < 1.29 is 44.6 Å². The molecular weight excluding hydrogens is 428 g/mol. The summed E-state index contributed by atoms with van der Waals surface area (Å²) in [6.07, 6.45) is -11.6. The molecule has 158 valence electrons. The number of ether oxygens (including phenoxy) is 1. The van der Waals surface area contributed by atoms with Crippen molar-refractivity contribution >= 4 is 9.84 Å². The Hall–Kier alpha value is -2.18. The molecule has 0 spiro atoms. The Balaban J connectivity index is 2.19. The Morgan fingerprint density at radius 2 is 1.62 bits per heavy atom. The molecule has 1 aliphatic heterocycles. The third-order valence-corrected chi connectivity index (χ3v) is 6.78. The Morgan fingerprint density at radius 3 is 2.07 bits per heavy atom. The second kappa shape index (κ2) is 6.96. The number of aliphatic hydroxyl groups excluding tert-OH is 1. The fraction of sp³-hybridized carbons (Fsp3) is 0.353. The molecule has 3 rings (SSSR count). The van der Waals surface area contributed by atoms with Gasteiger partial charge >= 0.3 is 12.4 Å². The van der Waals surface area contributed by atoms with Crippen molar-refractivity contribution in [3.8, 4) is 0 Å². The number of alkyl halides is 6. The molecule has 0 aliphatic carbocycles. The van der Waals surface area contributed by atoms with Crippen LogP contribution in [-0.4, -0.2) is 30.9 Å². The third kappa shape index (κ3) is 3.71. The number of aromatic nitrogens is 1. The number of hydrogen-bond donors (Lipinski definition) is 1. The van der Waals surface area contributed by atoms with Crippen molar-refractivity contribution in [3.05, 3.63) is 58.9 Å². The Bertz CT molecular complexity index is 1000. The maximum atomic E-state index is 13.1. The van der Waals surface area contributed by atoms with Crippen molar-refractivity contribution in [1.29, 1.82) is 0 Å². The molecule has 1 N–H and O–H groups in total. The first-order valence-corrected chi connectivity index (χ1v) is 9.51. The molecule has 3 atom stereocenters. The Morgan fingerprint density at radius 1 is 1.07 bits per heavy atom. The minimum absolute atomic E-state index is 0.0601. The molecule has 29 heavy (non-hydrogen) atoms. The highest BCUT2D eigenvalue weighted by molar-refractivity contribution is 7.92. The van der Waals surface area contributed by atoms with E-state index in [9.17, 15) is 39.9 Å². The predicted octanol–water partition coefficient (Wildman–Crippen LogP) is 3.70. The quantitative estimate of drug-likeness (QED) is 0.736. The van der Waals surface area contributed by atoms with Crippen molar-refractivity contribution in [2.75, 3.05) is 7.11 Å². The van der Waals surface area contributed by atoms with Gasteiger partial charge in [-0.15, -0.1) is 0 Å². The van der Waals surface area contributed by atoms with Crippen molar-refractivity contribution in [2.24, 2.45) is 0 Å². The molecule has 3 unspecified atom stereocenters. The highest BCUT2D eigenvalue weighted by Gasteiger charge is 2.50. The molecule has 0 fully saturated rings. The van der Waals surface area contributed by atoms with E-state index < -0.39 is 56.3 Å². The smallest absolute Gasteiger partial charge is 0.387 e. The maximum Gasteiger partial charge on any atom is 0.416 e. The summed E-state index contributed by atoms with van der Waals surface area (Å²) in [4.78, 5) is 3.28. The maximum absolute atomic E-state index is 13.1. The SMILES string of the molecule is COC(c1cc(C(F)(F)F)cc(C(F)(F)F)c1)C1C(O)c2ccncc2S1(=O)=O. The minimum Gasteiger partial charge on any atom is -0.387 e. The molecule has 0 saturated carbocycles. The average Bonchev–Trinajstić information content (AvgIpc) is 2.82. The van der Waals surface area contributed by atoms with Crippen LogP contribution < -0.4 is 0 Å². The second-order valence-corrected chi connectivity index (χ2v) is 8.44. The van der Waals surface area contributed by atoms with Gasteiger partial charge in [0.1, 0.15) is 17.5 Å². The van der Waals surface area contributed by atoms with Crippen LogP contribution in [0.5, 0.6) is 0 Å². The molecule has 0 radical (unpaired) electrons. The summed E-state index contributed by atoms with van der Waals surface area (Å²) in [7, 11) is -3.42. The molecular formula is C17H13F6NO4S. The highest BCUT2D eigenvalue weighted by atomic mass is 32.2. The first kappa shape index (κ1) is 21.5. The van der Waals surface area contributed by atoms with Gasteiger partial charge in [-0.05, 0) is 29.8 Å². The van der Waals surface area contributed by atoms with Crippen LogP contribution in [0.3, 0.4) is 0 Å². The van der Waals surface area contributed by atoms with Gasteiger partial charge in [-0.3, -0.25) is 4.98 Å². The van der Waals surface area contributed by atoms with E-state index in [4.69, 9.17) is 4.74 Å². The zero-order valence-corrected chi connectivity index (χ0v) is 15.3. The summed E-state index contributed by atoms with van der Waals surface area (Å²) in [5.41, 5.74) is -3.97. The summed E-state index contributed by atoms with van der Waals surface area (Å²) in [6, 6.07) is 1.89. The highest BCUT2D eigenvalue weighted by Crippen LogP contribution is 2.46. The van der Waals surface area contributed by atoms with Gasteiger partial charge < -0.3 is 9.84 Å². The lowest BCUT2D eigenvalue weighted by molar-refractivity contribution is -0.143. The lowest BCUT2D eigenvalue weighted by Gasteiger charge is -2.26. The van der Waals surface area contributed by atoms with Gasteiger partial charge in [-0.25, -0.2) is 8.42 Å². The number of hydrogen-bond acceptors (Lipinski definition) is 5. The number of rotatable bonds is 3. The van der Waals surface area contributed by atoms with Crippen LogP contribution in [0.1, 0.15) is 34.5 Å². The van der Waals surface area contributed by atoms with Crippen LogP contribution in [0.2, 0.25) is 0 Å². The molecule has 1 aliphatic rings. The van der Waals surface area contributed by atoms with E-state index >= 15 is 0 Å². The minimum atomic E-state index is -5.12. The van der Waals surface area contributed by atoms with Gasteiger partial charge in [0, 0.05) is 25.1 Å². The van der Waals surface area contributed by atoms with E-state index in [-0.39, 0.29) is 16.5 Å². The number of fused-ring (bicyclic) bond motifs is 1. The third-order valence-electron chi connectivity index (χ3n) is 4.60. The fourth-order valence-electron chi connectivity index (χ4n) is 3.30. The Kier molecular flexibility index (Phi) is 5.16. The van der Waals surface area contributed by atoms with Crippen molar-refractivity contribution in [2.45, 2.75) is 34.7 Å². The molecule has 0 bridgehead atoms. The van der Waals surface area contributed by atoms with Gasteiger partial charge in [0.25, 0.3) is 0 Å². The summed E-state index contributed by atoms with van der Waals surface area (Å²) >= 11 is 0. The van der Waals surface area contributed by atoms with E-state index in [0.29, 0.717) is 12.1 Å². The molecule has 1 aromatic heterocycles. The lowest BCUT2D eigenvalue weighted by Crippen LogP contribution is -2.30. The number of pyridine rings is 1. The van der Waals surface area contributed by atoms with E-state index in [2.05, 4.69) is 4.98 Å². The lowest BCUT2D eigenvalue weighted by atomic mass is 9.95. The normalized spacial score (nSPS) is 22.3. The second-order valence-electron chi connectivity index (χ2n) is 6.36. The van der Waals surface area contributed by atoms with Gasteiger partial charge in [0.2, 0.25) is 0 Å². The summed E-state index contributed by atoms with van der Waals surface area (Å²) in [6.45, 7) is 0. The van der Waals surface area contributed by atoms with Crippen LogP contribution in [0.25, 0.3) is 0 Å². The topological polar surface area (TPSA) is 76.5 Å². The van der Waals surface area contributed by atoms with Gasteiger partial charge in [0.15, 0.2) is 9.84 Å². The van der Waals surface area contributed by atoms with Crippen molar-refractivity contribution in [3.63, 3.8) is 0 Å². The van der Waals surface area contributed by atoms with Gasteiger partial charge in [-0.2, -0.15) is 26.3 Å². The van der Waals surface area contributed by atoms with E-state index in [1.807, 2.05) is 0 Å². The average molecular weight is 441 g/mol. The number of aliphatic hydroxyl groups is 1. The zero-order chi connectivity index (χ0) is 21.8. The molecule has 1 aromatic carbocycles. The first-order valence-electron chi connectivity index (χ1n) is 7.96. The number of sulfone groups is 1. The van der Waals surface area contributed by atoms with Crippen LogP contribution in [0, 0.1) is 0 Å². The number of methoxy groups -OCH3 is 1. The largest absolute Gasteiger partial charge is 0.416 e. The van der Waals surface area contributed by atoms with Gasteiger partial charge in [0.05, 0.1) is 16.0 Å². The molecule has 2 aromatic rings. The zero-order valence-electron chi connectivity index (χ0n) is 14.5. The van der Waals surface area contributed by atoms with Crippen molar-refractivity contribution in [1.82, 2.24) is 4.98 Å². The summed E-state index contributed by atoms with van der Waals surface area (Å²) in [5.74, 6) is 0. The van der Waals surface area contributed by atoms with E-state index in [1.54, 1.807) is 0 Å². The predicted molar refractivity (Wildman–Crippen MR) is 86.4 cm³/mol. The molecule has 2 heterocycles. The number of benzene rings is 1. The van der Waals surface area contributed by atoms with Crippen LogP contribution in [0.4, 0.5) is 26.3 Å². The van der Waals surface area contributed by atoms with Gasteiger partial charge in [-0.1, -0.05) is 0 Å². The van der Waals surface area contributed by atoms with Crippen LogP contribution in [0.15, 0.2) is 41.6 Å². The molecule has 5 nitrogen and oxygen atoms in total. The standard InChI is InChI=1S/C17H13F6NO4S/c1-28-14(15-13(25)11-2-3-24-7-12(11)29(15,26)27)8-4-9(16(18,19)20)6-10(5-8)17(21,22)23/h2-7,13-15,25H,1H3. The van der Waals surface area contributed by atoms with E-state index in [0.717, 1.165) is 13.3 Å². The van der Waals surface area contributed by atoms with Crippen LogP contribution >= 0.6 is 0 Å².